The van der Waals surface area contributed by atoms with Crippen molar-refractivity contribution in [2.24, 2.45) is 0 Å². The van der Waals surface area contributed by atoms with Gasteiger partial charge in [0, 0.05) is 27.4 Å². The summed E-state index contributed by atoms with van der Waals surface area (Å²) < 4.78 is 6.51. The maximum absolute atomic E-state index is 5.41. The Kier molecular flexibility index (Phi) is 7.71. The fourth-order valence-electron chi connectivity index (χ4n) is 1.84. The van der Waals surface area contributed by atoms with Crippen molar-refractivity contribution in [3.8, 4) is 5.75 Å². The van der Waals surface area contributed by atoms with Crippen LogP contribution in [0.5, 0.6) is 5.75 Å². The first-order valence-corrected chi connectivity index (χ1v) is 9.52. The number of nitrogens with one attached hydrogen (secondary N) is 2. The third-order valence-corrected chi connectivity index (χ3v) is 4.68. The van der Waals surface area contributed by atoms with Gasteiger partial charge in [0.2, 0.25) is 0 Å². The third kappa shape index (κ3) is 6.81. The van der Waals surface area contributed by atoms with Crippen molar-refractivity contribution in [2.75, 3.05) is 24.2 Å². The summed E-state index contributed by atoms with van der Waals surface area (Å²) in [7, 11) is 0. The molecule has 6 heteroatoms. The fourth-order valence-corrected chi connectivity index (χ4v) is 3.09. The molecule has 2 N–H and O–H groups in total. The van der Waals surface area contributed by atoms with Crippen LogP contribution >= 0.6 is 39.9 Å². The Morgan fingerprint density at radius 3 is 2.48 bits per heavy atom. The monoisotopic (exact) mass is 410 g/mol. The van der Waals surface area contributed by atoms with Gasteiger partial charge in [-0.25, -0.2) is 0 Å². The highest BCUT2D eigenvalue weighted by molar-refractivity contribution is 9.10. The molecule has 0 amide bonds. The Hall–Kier alpha value is -1.24. The molecule has 0 bridgehead atoms. The quantitative estimate of drug-likeness (QED) is 0.384. The zero-order valence-corrected chi connectivity index (χ0v) is 16.1. The molecule has 2 rings (SSSR count). The number of rotatable bonds is 7. The van der Waals surface area contributed by atoms with Gasteiger partial charge in [0.15, 0.2) is 5.11 Å². The van der Waals surface area contributed by atoms with Gasteiger partial charge in [0.05, 0.1) is 6.61 Å². The van der Waals surface area contributed by atoms with Gasteiger partial charge < -0.3 is 15.4 Å². The molecule has 0 unspecified atom stereocenters. The van der Waals surface area contributed by atoms with Crippen molar-refractivity contribution in [3.05, 3.63) is 53.0 Å². The van der Waals surface area contributed by atoms with E-state index in [-0.39, 0.29) is 0 Å². The molecule has 0 aromatic heterocycles. The van der Waals surface area contributed by atoms with Crippen LogP contribution in [0.1, 0.15) is 6.92 Å². The highest BCUT2D eigenvalue weighted by Crippen LogP contribution is 2.20. The summed E-state index contributed by atoms with van der Waals surface area (Å²) in [6.45, 7) is 3.45. The van der Waals surface area contributed by atoms with Crippen LogP contribution in [0, 0.1) is 0 Å². The van der Waals surface area contributed by atoms with Crippen LogP contribution in [0.2, 0.25) is 0 Å². The summed E-state index contributed by atoms with van der Waals surface area (Å²) in [5.74, 6) is 1.81. The second-order valence-electron chi connectivity index (χ2n) is 4.64. The minimum atomic E-state index is 0.630. The molecular weight excluding hydrogens is 392 g/mol. The van der Waals surface area contributed by atoms with E-state index in [4.69, 9.17) is 17.0 Å². The van der Waals surface area contributed by atoms with E-state index in [0.717, 1.165) is 28.2 Å². The van der Waals surface area contributed by atoms with E-state index in [0.29, 0.717) is 11.7 Å². The molecule has 0 heterocycles. The van der Waals surface area contributed by atoms with Crippen LogP contribution in [-0.2, 0) is 0 Å². The van der Waals surface area contributed by atoms with Gasteiger partial charge in [-0.05, 0) is 67.7 Å². The summed E-state index contributed by atoms with van der Waals surface area (Å²) >= 11 is 10.5. The molecule has 0 radical (unpaired) electrons. The van der Waals surface area contributed by atoms with Crippen molar-refractivity contribution in [2.45, 2.75) is 11.8 Å². The molecule has 23 heavy (non-hydrogen) atoms. The molecule has 0 aliphatic rings. The van der Waals surface area contributed by atoms with Crippen molar-refractivity contribution in [1.82, 2.24) is 5.32 Å². The number of anilines is 1. The van der Waals surface area contributed by atoms with E-state index >= 15 is 0 Å². The van der Waals surface area contributed by atoms with Crippen LogP contribution in [0.4, 0.5) is 5.69 Å². The van der Waals surface area contributed by atoms with Crippen molar-refractivity contribution in [3.63, 3.8) is 0 Å². The molecule has 0 aliphatic carbocycles. The van der Waals surface area contributed by atoms with Gasteiger partial charge in [-0.1, -0.05) is 15.9 Å². The first kappa shape index (κ1) is 18.1. The highest BCUT2D eigenvalue weighted by Gasteiger charge is 1.99. The predicted octanol–water partition coefficient (Wildman–Crippen LogP) is 4.93. The Bertz CT molecular complexity index is 617. The molecule has 2 aromatic carbocycles. The molecule has 122 valence electrons. The Labute approximate surface area is 155 Å². The second kappa shape index (κ2) is 9.80. The van der Waals surface area contributed by atoms with E-state index in [1.54, 1.807) is 11.8 Å². The molecule has 0 saturated carbocycles. The smallest absolute Gasteiger partial charge is 0.170 e. The highest BCUT2D eigenvalue weighted by atomic mass is 79.9. The number of thioether (sulfide) groups is 1. The lowest BCUT2D eigenvalue weighted by molar-refractivity contribution is 0.340. The maximum Gasteiger partial charge on any atom is 0.170 e. The zero-order chi connectivity index (χ0) is 16.5. The SMILES string of the molecule is CCOc1ccc(NC(=S)NCCSc2ccc(Br)cc2)cc1. The first-order valence-electron chi connectivity index (χ1n) is 7.33. The van der Waals surface area contributed by atoms with E-state index in [1.807, 2.05) is 43.3 Å². The van der Waals surface area contributed by atoms with Gasteiger partial charge in [-0.2, -0.15) is 0 Å². The van der Waals surface area contributed by atoms with Gasteiger partial charge in [-0.15, -0.1) is 11.8 Å². The molecule has 0 spiro atoms. The lowest BCUT2D eigenvalue weighted by Gasteiger charge is -2.11. The lowest BCUT2D eigenvalue weighted by atomic mass is 10.3. The van der Waals surface area contributed by atoms with E-state index in [1.165, 1.54) is 4.90 Å². The third-order valence-electron chi connectivity index (χ3n) is 2.89. The lowest BCUT2D eigenvalue weighted by Crippen LogP contribution is -2.30. The number of ether oxygens (including phenoxy) is 1. The molecular formula is C17H19BrN2OS2. The maximum atomic E-state index is 5.41. The second-order valence-corrected chi connectivity index (χ2v) is 7.13. The number of benzene rings is 2. The molecule has 2 aromatic rings. The Morgan fingerprint density at radius 1 is 1.13 bits per heavy atom. The van der Waals surface area contributed by atoms with E-state index in [2.05, 4.69) is 38.7 Å². The standard InChI is InChI=1S/C17H19BrN2OS2/c1-2-21-15-7-5-14(6-8-15)20-17(22)19-11-12-23-16-9-3-13(18)4-10-16/h3-10H,2,11-12H2,1H3,(H2,19,20,22). The van der Waals surface area contributed by atoms with Crippen molar-refractivity contribution < 1.29 is 4.74 Å². The van der Waals surface area contributed by atoms with Crippen molar-refractivity contribution in [1.29, 1.82) is 0 Å². The summed E-state index contributed by atoms with van der Waals surface area (Å²) in [5, 5.41) is 7.01. The number of halogens is 1. The predicted molar refractivity (Wildman–Crippen MR) is 107 cm³/mol. The minimum Gasteiger partial charge on any atom is -0.494 e. The Morgan fingerprint density at radius 2 is 1.83 bits per heavy atom. The fraction of sp³-hybridized carbons (Fsp3) is 0.235. The summed E-state index contributed by atoms with van der Waals surface area (Å²) in [6.07, 6.45) is 0. The largest absolute Gasteiger partial charge is 0.494 e. The Balaban J connectivity index is 1.67. The summed E-state index contributed by atoms with van der Waals surface area (Å²) in [5.41, 5.74) is 0.950. The van der Waals surface area contributed by atoms with E-state index < -0.39 is 0 Å². The van der Waals surface area contributed by atoms with Crippen LogP contribution in [0.15, 0.2) is 57.9 Å². The summed E-state index contributed by atoms with van der Waals surface area (Å²) in [4.78, 5) is 1.25. The normalized spacial score (nSPS) is 10.2. The molecule has 0 saturated heterocycles. The average Bonchev–Trinajstić information content (AvgIpc) is 2.55. The topological polar surface area (TPSA) is 33.3 Å². The minimum absolute atomic E-state index is 0.630. The van der Waals surface area contributed by atoms with Crippen LogP contribution < -0.4 is 15.4 Å². The van der Waals surface area contributed by atoms with Crippen molar-refractivity contribution >= 4 is 50.7 Å². The zero-order valence-electron chi connectivity index (χ0n) is 12.8. The number of hydrogen-bond acceptors (Lipinski definition) is 3. The van der Waals surface area contributed by atoms with Crippen LogP contribution in [-0.4, -0.2) is 24.0 Å². The van der Waals surface area contributed by atoms with E-state index in [9.17, 15) is 0 Å². The molecule has 0 atom stereocenters. The molecule has 0 fully saturated rings. The van der Waals surface area contributed by atoms with Gasteiger partial charge >= 0.3 is 0 Å². The average molecular weight is 411 g/mol. The number of thiocarbonyl (C=S) groups is 1. The van der Waals surface area contributed by atoms with Gasteiger partial charge in [0.1, 0.15) is 5.75 Å². The van der Waals surface area contributed by atoms with Gasteiger partial charge in [-0.3, -0.25) is 0 Å². The van der Waals surface area contributed by atoms with Crippen LogP contribution in [0.25, 0.3) is 0 Å². The molecule has 0 aliphatic heterocycles. The van der Waals surface area contributed by atoms with Gasteiger partial charge in [0.25, 0.3) is 0 Å². The van der Waals surface area contributed by atoms with Crippen LogP contribution in [0.3, 0.4) is 0 Å². The molecule has 3 nitrogen and oxygen atoms in total. The number of hydrogen-bond donors (Lipinski definition) is 2. The first-order chi connectivity index (χ1) is 11.2. The summed E-state index contributed by atoms with van der Waals surface area (Å²) in [6, 6.07) is 16.1.